The van der Waals surface area contributed by atoms with E-state index in [0.717, 1.165) is 5.56 Å². The molecule has 0 radical (unpaired) electrons. The molecule has 1 aromatic carbocycles. The highest BCUT2D eigenvalue weighted by Crippen LogP contribution is 2.25. The zero-order chi connectivity index (χ0) is 14.6. The van der Waals surface area contributed by atoms with Crippen molar-refractivity contribution in [3.05, 3.63) is 35.4 Å². The number of nitrogens with one attached hydrogen (secondary N) is 1. The standard InChI is InChI=1S/C15H21NO3/c1-5-12(14(18)19)16-13(17)10-8-6-7-9-11(10)15(2,3)4/h6-9,12H,5H2,1-4H3,(H,16,17)(H,18,19)/t12-/m1/s1. The maximum absolute atomic E-state index is 12.2. The molecule has 0 spiro atoms. The lowest BCUT2D eigenvalue weighted by Crippen LogP contribution is -2.41. The van der Waals surface area contributed by atoms with Crippen LogP contribution in [0.3, 0.4) is 0 Å². The Hall–Kier alpha value is -1.84. The number of hydrogen-bond acceptors (Lipinski definition) is 2. The molecular formula is C15H21NO3. The average molecular weight is 263 g/mol. The van der Waals surface area contributed by atoms with Crippen LogP contribution in [0.15, 0.2) is 24.3 Å². The molecule has 0 heterocycles. The van der Waals surface area contributed by atoms with Crippen LogP contribution in [0.25, 0.3) is 0 Å². The highest BCUT2D eigenvalue weighted by atomic mass is 16.4. The lowest BCUT2D eigenvalue weighted by molar-refractivity contribution is -0.139. The predicted octanol–water partition coefficient (Wildman–Crippen LogP) is 2.58. The van der Waals surface area contributed by atoms with Crippen molar-refractivity contribution in [3.8, 4) is 0 Å². The third-order valence-electron chi connectivity index (χ3n) is 2.99. The number of benzene rings is 1. The minimum atomic E-state index is -1.01. The molecule has 0 aliphatic carbocycles. The van der Waals surface area contributed by atoms with Crippen LogP contribution >= 0.6 is 0 Å². The van der Waals surface area contributed by atoms with Crippen molar-refractivity contribution in [1.82, 2.24) is 5.32 Å². The zero-order valence-electron chi connectivity index (χ0n) is 11.9. The largest absolute Gasteiger partial charge is 0.480 e. The molecule has 1 amide bonds. The van der Waals surface area contributed by atoms with Crippen molar-refractivity contribution < 1.29 is 14.7 Å². The average Bonchev–Trinajstić information content (AvgIpc) is 2.34. The van der Waals surface area contributed by atoms with Gasteiger partial charge in [0.25, 0.3) is 5.91 Å². The summed E-state index contributed by atoms with van der Waals surface area (Å²) in [4.78, 5) is 23.2. The highest BCUT2D eigenvalue weighted by molar-refractivity contribution is 5.98. The van der Waals surface area contributed by atoms with E-state index in [2.05, 4.69) is 5.32 Å². The molecule has 0 unspecified atom stereocenters. The van der Waals surface area contributed by atoms with Gasteiger partial charge in [-0.1, -0.05) is 45.9 Å². The first kappa shape index (κ1) is 15.2. The molecule has 0 aliphatic rings. The van der Waals surface area contributed by atoms with Gasteiger partial charge in [-0.3, -0.25) is 4.79 Å². The van der Waals surface area contributed by atoms with Gasteiger partial charge in [-0.15, -0.1) is 0 Å². The van der Waals surface area contributed by atoms with E-state index >= 15 is 0 Å². The number of amides is 1. The third-order valence-corrected chi connectivity index (χ3v) is 2.99. The first-order valence-corrected chi connectivity index (χ1v) is 6.40. The minimum Gasteiger partial charge on any atom is -0.480 e. The zero-order valence-corrected chi connectivity index (χ0v) is 11.9. The van der Waals surface area contributed by atoms with Crippen LogP contribution in [-0.2, 0) is 10.2 Å². The number of aliphatic carboxylic acids is 1. The van der Waals surface area contributed by atoms with Crippen molar-refractivity contribution in [1.29, 1.82) is 0 Å². The number of carboxylic acids is 1. The maximum Gasteiger partial charge on any atom is 0.326 e. The molecule has 104 valence electrons. The lowest BCUT2D eigenvalue weighted by atomic mass is 9.83. The Labute approximate surface area is 113 Å². The number of carbonyl (C=O) groups is 2. The Morgan fingerprint density at radius 3 is 2.32 bits per heavy atom. The fraction of sp³-hybridized carbons (Fsp3) is 0.467. The van der Waals surface area contributed by atoms with Gasteiger partial charge in [-0.05, 0) is 23.5 Å². The molecule has 0 bridgehead atoms. The lowest BCUT2D eigenvalue weighted by Gasteiger charge is -2.23. The quantitative estimate of drug-likeness (QED) is 0.877. The monoisotopic (exact) mass is 263 g/mol. The summed E-state index contributed by atoms with van der Waals surface area (Å²) in [5.41, 5.74) is 1.28. The normalized spacial score (nSPS) is 12.8. The summed E-state index contributed by atoms with van der Waals surface area (Å²) in [6.45, 7) is 7.80. The number of rotatable bonds is 4. The first-order valence-electron chi connectivity index (χ1n) is 6.40. The van der Waals surface area contributed by atoms with Gasteiger partial charge in [0.15, 0.2) is 0 Å². The van der Waals surface area contributed by atoms with Gasteiger partial charge in [0, 0.05) is 5.56 Å². The van der Waals surface area contributed by atoms with E-state index in [1.54, 1.807) is 19.1 Å². The summed E-state index contributed by atoms with van der Waals surface area (Å²) in [5, 5.41) is 11.5. The summed E-state index contributed by atoms with van der Waals surface area (Å²) in [6.07, 6.45) is 0.360. The van der Waals surface area contributed by atoms with Crippen LogP contribution in [0.4, 0.5) is 0 Å². The van der Waals surface area contributed by atoms with Crippen molar-refractivity contribution in [2.75, 3.05) is 0 Å². The Morgan fingerprint density at radius 2 is 1.84 bits per heavy atom. The van der Waals surface area contributed by atoms with E-state index in [0.29, 0.717) is 12.0 Å². The van der Waals surface area contributed by atoms with Crippen LogP contribution in [0.5, 0.6) is 0 Å². The van der Waals surface area contributed by atoms with E-state index < -0.39 is 12.0 Å². The van der Waals surface area contributed by atoms with E-state index in [9.17, 15) is 9.59 Å². The van der Waals surface area contributed by atoms with Crippen molar-refractivity contribution in [2.45, 2.75) is 45.6 Å². The Bertz CT molecular complexity index is 475. The van der Waals surface area contributed by atoms with Crippen LogP contribution in [0.1, 0.15) is 50.0 Å². The van der Waals surface area contributed by atoms with Crippen LogP contribution in [0, 0.1) is 0 Å². The molecule has 2 N–H and O–H groups in total. The predicted molar refractivity (Wildman–Crippen MR) is 74.3 cm³/mol. The van der Waals surface area contributed by atoms with Crippen LogP contribution < -0.4 is 5.32 Å². The van der Waals surface area contributed by atoms with Gasteiger partial charge < -0.3 is 10.4 Å². The smallest absolute Gasteiger partial charge is 0.326 e. The fourth-order valence-corrected chi connectivity index (χ4v) is 1.91. The van der Waals surface area contributed by atoms with E-state index in [4.69, 9.17) is 5.11 Å². The van der Waals surface area contributed by atoms with Crippen molar-refractivity contribution >= 4 is 11.9 Å². The molecule has 4 heteroatoms. The van der Waals surface area contributed by atoms with Crippen molar-refractivity contribution in [2.24, 2.45) is 0 Å². The highest BCUT2D eigenvalue weighted by Gasteiger charge is 2.24. The molecule has 1 atom stereocenters. The van der Waals surface area contributed by atoms with E-state index in [-0.39, 0.29) is 11.3 Å². The Kier molecular flexibility index (Phi) is 4.70. The summed E-state index contributed by atoms with van der Waals surface area (Å²) in [7, 11) is 0. The summed E-state index contributed by atoms with van der Waals surface area (Å²) < 4.78 is 0. The van der Waals surface area contributed by atoms with Gasteiger partial charge in [-0.25, -0.2) is 4.79 Å². The second-order valence-corrected chi connectivity index (χ2v) is 5.57. The van der Waals surface area contributed by atoms with Gasteiger partial charge in [0.05, 0.1) is 0 Å². The van der Waals surface area contributed by atoms with E-state index in [1.807, 2.05) is 32.9 Å². The molecule has 1 aromatic rings. The summed E-state index contributed by atoms with van der Waals surface area (Å²) in [6, 6.07) is 6.44. The Morgan fingerprint density at radius 1 is 1.26 bits per heavy atom. The molecule has 19 heavy (non-hydrogen) atoms. The molecule has 4 nitrogen and oxygen atoms in total. The second-order valence-electron chi connectivity index (χ2n) is 5.57. The SMILES string of the molecule is CC[C@@H](NC(=O)c1ccccc1C(C)(C)C)C(=O)O. The Balaban J connectivity index is 3.04. The molecule has 0 aliphatic heterocycles. The number of hydrogen-bond donors (Lipinski definition) is 2. The molecule has 0 aromatic heterocycles. The fourth-order valence-electron chi connectivity index (χ4n) is 1.91. The summed E-state index contributed by atoms with van der Waals surface area (Å²) in [5.74, 6) is -1.34. The summed E-state index contributed by atoms with van der Waals surface area (Å²) >= 11 is 0. The van der Waals surface area contributed by atoms with E-state index in [1.165, 1.54) is 0 Å². The van der Waals surface area contributed by atoms with Gasteiger partial charge >= 0.3 is 5.97 Å². The number of carbonyl (C=O) groups excluding carboxylic acids is 1. The van der Waals surface area contributed by atoms with Gasteiger partial charge in [0.2, 0.25) is 0 Å². The first-order chi connectivity index (χ1) is 8.77. The van der Waals surface area contributed by atoms with Crippen LogP contribution in [0.2, 0.25) is 0 Å². The molecule has 0 fully saturated rings. The van der Waals surface area contributed by atoms with Crippen LogP contribution in [-0.4, -0.2) is 23.0 Å². The number of carboxylic acid groups (broad SMARTS) is 1. The molecule has 1 rings (SSSR count). The third kappa shape index (κ3) is 3.81. The molecule has 0 saturated heterocycles. The minimum absolute atomic E-state index is 0.168. The topological polar surface area (TPSA) is 66.4 Å². The molecular weight excluding hydrogens is 242 g/mol. The van der Waals surface area contributed by atoms with Gasteiger partial charge in [-0.2, -0.15) is 0 Å². The van der Waals surface area contributed by atoms with Crippen molar-refractivity contribution in [3.63, 3.8) is 0 Å². The molecule has 0 saturated carbocycles. The van der Waals surface area contributed by atoms with Gasteiger partial charge in [0.1, 0.15) is 6.04 Å². The second kappa shape index (κ2) is 5.87. The maximum atomic E-state index is 12.2.